The standard InChI is InChI=1S/C19H20ClN3O4S/c1-27-18-9-7-15(13-16(18)20)28(25,26)21-11-12-23-19(24)10-8-17(22-23)14-5-3-2-4-6-14/h2-7,9,13,21H,8,10-12H2,1H3. The van der Waals surface area contributed by atoms with Gasteiger partial charge >= 0.3 is 0 Å². The Labute approximate surface area is 169 Å². The number of amides is 1. The molecule has 0 spiro atoms. The van der Waals surface area contributed by atoms with E-state index in [4.69, 9.17) is 16.3 Å². The average molecular weight is 422 g/mol. The van der Waals surface area contributed by atoms with Gasteiger partial charge in [-0.1, -0.05) is 41.9 Å². The van der Waals surface area contributed by atoms with Crippen LogP contribution in [0.5, 0.6) is 5.75 Å². The Morgan fingerprint density at radius 1 is 1.18 bits per heavy atom. The molecule has 1 N–H and O–H groups in total. The molecule has 2 aromatic rings. The van der Waals surface area contributed by atoms with Gasteiger partial charge in [-0.15, -0.1) is 0 Å². The number of methoxy groups -OCH3 is 1. The summed E-state index contributed by atoms with van der Waals surface area (Å²) in [6.07, 6.45) is 0.907. The summed E-state index contributed by atoms with van der Waals surface area (Å²) in [5.74, 6) is 0.258. The highest BCUT2D eigenvalue weighted by atomic mass is 35.5. The van der Waals surface area contributed by atoms with Crippen LogP contribution in [0, 0.1) is 0 Å². The van der Waals surface area contributed by atoms with Crippen molar-refractivity contribution in [2.75, 3.05) is 20.2 Å². The van der Waals surface area contributed by atoms with Gasteiger partial charge in [-0.3, -0.25) is 4.79 Å². The highest BCUT2D eigenvalue weighted by Crippen LogP contribution is 2.26. The molecule has 0 bridgehead atoms. The summed E-state index contributed by atoms with van der Waals surface area (Å²) >= 11 is 6.00. The molecule has 0 radical (unpaired) electrons. The number of hydrogen-bond acceptors (Lipinski definition) is 5. The number of halogens is 1. The molecule has 28 heavy (non-hydrogen) atoms. The first-order valence-electron chi connectivity index (χ1n) is 8.67. The number of carbonyl (C=O) groups is 1. The van der Waals surface area contributed by atoms with Crippen molar-refractivity contribution in [1.29, 1.82) is 0 Å². The van der Waals surface area contributed by atoms with E-state index in [-0.39, 0.29) is 28.9 Å². The first-order chi connectivity index (χ1) is 13.4. The van der Waals surface area contributed by atoms with Crippen molar-refractivity contribution in [3.05, 3.63) is 59.1 Å². The number of sulfonamides is 1. The van der Waals surface area contributed by atoms with Gasteiger partial charge in [0.15, 0.2) is 0 Å². The van der Waals surface area contributed by atoms with Crippen molar-refractivity contribution >= 4 is 33.2 Å². The number of nitrogens with zero attached hydrogens (tertiary/aromatic N) is 2. The van der Waals surface area contributed by atoms with Crippen LogP contribution in [-0.4, -0.2) is 45.2 Å². The minimum atomic E-state index is -3.77. The summed E-state index contributed by atoms with van der Waals surface area (Å²) in [5.41, 5.74) is 1.76. The second kappa shape index (κ2) is 8.72. The maximum atomic E-state index is 12.4. The van der Waals surface area contributed by atoms with Gasteiger partial charge in [-0.25, -0.2) is 18.1 Å². The largest absolute Gasteiger partial charge is 0.495 e. The Kier molecular flexibility index (Phi) is 6.33. The third-order valence-corrected chi connectivity index (χ3v) is 6.02. The van der Waals surface area contributed by atoms with Gasteiger partial charge in [0.2, 0.25) is 15.9 Å². The molecule has 7 nitrogen and oxygen atoms in total. The maximum absolute atomic E-state index is 12.4. The molecule has 0 aliphatic carbocycles. The van der Waals surface area contributed by atoms with Crippen LogP contribution in [0.3, 0.4) is 0 Å². The summed E-state index contributed by atoms with van der Waals surface area (Å²) in [4.78, 5) is 12.1. The van der Waals surface area contributed by atoms with Gasteiger partial charge < -0.3 is 4.74 Å². The predicted octanol–water partition coefficient (Wildman–Crippen LogP) is 2.65. The fourth-order valence-corrected chi connectivity index (χ4v) is 4.17. The molecule has 0 saturated heterocycles. The van der Waals surface area contributed by atoms with Gasteiger partial charge in [0.1, 0.15) is 5.75 Å². The normalized spacial score (nSPS) is 14.7. The third kappa shape index (κ3) is 4.70. The molecular formula is C19H20ClN3O4S. The Balaban J connectivity index is 1.66. The van der Waals surface area contributed by atoms with Crippen LogP contribution in [0.25, 0.3) is 0 Å². The van der Waals surface area contributed by atoms with E-state index in [1.165, 1.54) is 30.3 Å². The Morgan fingerprint density at radius 2 is 1.93 bits per heavy atom. The predicted molar refractivity (Wildman–Crippen MR) is 107 cm³/mol. The number of rotatable bonds is 7. The molecule has 0 atom stereocenters. The van der Waals surface area contributed by atoms with Crippen molar-refractivity contribution in [2.45, 2.75) is 17.7 Å². The first kappa shape index (κ1) is 20.3. The SMILES string of the molecule is COc1ccc(S(=O)(=O)NCCN2N=C(c3ccccc3)CCC2=O)cc1Cl. The van der Waals surface area contributed by atoms with Crippen LogP contribution in [-0.2, 0) is 14.8 Å². The molecule has 2 aromatic carbocycles. The Morgan fingerprint density at radius 3 is 2.61 bits per heavy atom. The molecule has 1 heterocycles. The number of carbonyl (C=O) groups excluding carboxylic acids is 1. The van der Waals surface area contributed by atoms with Crippen LogP contribution >= 0.6 is 11.6 Å². The lowest BCUT2D eigenvalue weighted by Crippen LogP contribution is -2.38. The monoisotopic (exact) mass is 421 g/mol. The smallest absolute Gasteiger partial charge is 0.243 e. The van der Waals surface area contributed by atoms with Crippen LogP contribution in [0.1, 0.15) is 18.4 Å². The van der Waals surface area contributed by atoms with Gasteiger partial charge in [0.05, 0.1) is 29.3 Å². The maximum Gasteiger partial charge on any atom is 0.243 e. The fraction of sp³-hybridized carbons (Fsp3) is 0.263. The number of hydrogen-bond donors (Lipinski definition) is 1. The quantitative estimate of drug-likeness (QED) is 0.744. The molecule has 9 heteroatoms. The van der Waals surface area contributed by atoms with E-state index in [9.17, 15) is 13.2 Å². The van der Waals surface area contributed by atoms with Crippen LogP contribution in [0.4, 0.5) is 0 Å². The van der Waals surface area contributed by atoms with E-state index in [1.807, 2.05) is 30.3 Å². The Bertz CT molecular complexity index is 993. The van der Waals surface area contributed by atoms with Crippen molar-refractivity contribution in [1.82, 2.24) is 9.73 Å². The second-order valence-corrected chi connectivity index (χ2v) is 8.30. The van der Waals surface area contributed by atoms with E-state index >= 15 is 0 Å². The molecule has 1 aliphatic rings. The molecule has 0 saturated carbocycles. The van der Waals surface area contributed by atoms with Crippen LogP contribution in [0.15, 0.2) is 58.5 Å². The van der Waals surface area contributed by atoms with E-state index in [0.29, 0.717) is 18.6 Å². The molecule has 148 valence electrons. The van der Waals surface area contributed by atoms with Crippen molar-refractivity contribution in [3.8, 4) is 5.75 Å². The number of benzene rings is 2. The summed E-state index contributed by atoms with van der Waals surface area (Å²) in [5, 5.41) is 5.91. The third-order valence-electron chi connectivity index (χ3n) is 4.26. The van der Waals surface area contributed by atoms with Gasteiger partial charge in [-0.05, 0) is 23.8 Å². The molecule has 0 fully saturated rings. The molecule has 1 amide bonds. The van der Waals surface area contributed by atoms with Gasteiger partial charge in [-0.2, -0.15) is 5.10 Å². The zero-order valence-corrected chi connectivity index (χ0v) is 16.8. The highest BCUT2D eigenvalue weighted by molar-refractivity contribution is 7.89. The van der Waals surface area contributed by atoms with Crippen molar-refractivity contribution < 1.29 is 17.9 Å². The van der Waals surface area contributed by atoms with Crippen molar-refractivity contribution in [3.63, 3.8) is 0 Å². The van der Waals surface area contributed by atoms with E-state index in [0.717, 1.165) is 11.3 Å². The molecule has 0 unspecified atom stereocenters. The average Bonchev–Trinajstić information content (AvgIpc) is 2.70. The van der Waals surface area contributed by atoms with Crippen LogP contribution in [0.2, 0.25) is 5.02 Å². The molecular weight excluding hydrogens is 402 g/mol. The van der Waals surface area contributed by atoms with E-state index < -0.39 is 10.0 Å². The lowest BCUT2D eigenvalue weighted by Gasteiger charge is -2.23. The minimum absolute atomic E-state index is 0.0248. The van der Waals surface area contributed by atoms with Gasteiger partial charge in [0.25, 0.3) is 0 Å². The lowest BCUT2D eigenvalue weighted by molar-refractivity contribution is -0.131. The zero-order chi connectivity index (χ0) is 20.1. The van der Waals surface area contributed by atoms with E-state index in [2.05, 4.69) is 9.82 Å². The highest BCUT2D eigenvalue weighted by Gasteiger charge is 2.22. The first-order valence-corrected chi connectivity index (χ1v) is 10.5. The lowest BCUT2D eigenvalue weighted by atomic mass is 10.0. The van der Waals surface area contributed by atoms with Gasteiger partial charge in [0, 0.05) is 19.4 Å². The van der Waals surface area contributed by atoms with Crippen LogP contribution < -0.4 is 9.46 Å². The number of hydrazone groups is 1. The number of nitrogens with one attached hydrogen (secondary N) is 1. The number of ether oxygens (including phenoxy) is 1. The topological polar surface area (TPSA) is 88.1 Å². The minimum Gasteiger partial charge on any atom is -0.495 e. The molecule has 3 rings (SSSR count). The van der Waals surface area contributed by atoms with Crippen molar-refractivity contribution in [2.24, 2.45) is 5.10 Å². The second-order valence-electron chi connectivity index (χ2n) is 6.12. The molecule has 0 aromatic heterocycles. The molecule has 1 aliphatic heterocycles. The summed E-state index contributed by atoms with van der Waals surface area (Å²) in [6, 6.07) is 13.8. The van der Waals surface area contributed by atoms with E-state index in [1.54, 1.807) is 0 Å². The summed E-state index contributed by atoms with van der Waals surface area (Å²) < 4.78 is 32.4. The summed E-state index contributed by atoms with van der Waals surface area (Å²) in [6.45, 7) is 0.168. The fourth-order valence-electron chi connectivity index (χ4n) is 2.80. The zero-order valence-electron chi connectivity index (χ0n) is 15.3. The summed E-state index contributed by atoms with van der Waals surface area (Å²) in [7, 11) is -2.32. The Hall–Kier alpha value is -2.42.